The molecule has 6 heteroatoms. The highest BCUT2D eigenvalue weighted by molar-refractivity contribution is 5.40. The number of nitrogens with zero attached hydrogens (tertiary/aromatic N) is 2. The minimum atomic E-state index is -2.65. The van der Waals surface area contributed by atoms with Gasteiger partial charge in [-0.15, -0.1) is 0 Å². The average molecular weight is 241 g/mol. The van der Waals surface area contributed by atoms with E-state index in [0.717, 1.165) is 6.07 Å². The van der Waals surface area contributed by atoms with Gasteiger partial charge in [0.15, 0.2) is 5.65 Å². The van der Waals surface area contributed by atoms with Crippen molar-refractivity contribution in [3.05, 3.63) is 33.9 Å². The van der Waals surface area contributed by atoms with Crippen molar-refractivity contribution < 1.29 is 8.78 Å². The van der Waals surface area contributed by atoms with Gasteiger partial charge < -0.3 is 0 Å². The minimum Gasteiger partial charge on any atom is -0.276 e. The van der Waals surface area contributed by atoms with Crippen LogP contribution in [0, 0.1) is 5.92 Å². The lowest BCUT2D eigenvalue weighted by atomic mass is 10.1. The molecular weight excluding hydrogens is 228 g/mol. The maximum Gasteiger partial charge on any atom is 0.271 e. The summed E-state index contributed by atoms with van der Waals surface area (Å²) < 4.78 is 26.2. The second kappa shape index (κ2) is 4.27. The summed E-state index contributed by atoms with van der Waals surface area (Å²) in [4.78, 5) is 15.7. The van der Waals surface area contributed by atoms with E-state index < -0.39 is 12.0 Å². The molecule has 0 aliphatic heterocycles. The SMILES string of the molecule is CC(C)Cc1nc2cc(C(F)F)cc(=O)n2[nH]1. The fourth-order valence-corrected chi connectivity index (χ4v) is 1.67. The van der Waals surface area contributed by atoms with Gasteiger partial charge in [-0.05, 0) is 12.0 Å². The molecule has 0 spiro atoms. The van der Waals surface area contributed by atoms with Gasteiger partial charge in [0.05, 0.1) is 0 Å². The minimum absolute atomic E-state index is 0.239. The van der Waals surface area contributed by atoms with E-state index in [1.165, 1.54) is 10.6 Å². The third-order valence-corrected chi connectivity index (χ3v) is 2.38. The summed E-state index contributed by atoms with van der Waals surface area (Å²) in [5.74, 6) is 1.00. The molecular formula is C11H13F2N3O. The number of hydrogen-bond donors (Lipinski definition) is 1. The van der Waals surface area contributed by atoms with E-state index in [4.69, 9.17) is 0 Å². The molecule has 2 aromatic rings. The van der Waals surface area contributed by atoms with Gasteiger partial charge in [-0.25, -0.2) is 18.3 Å². The van der Waals surface area contributed by atoms with Crippen LogP contribution >= 0.6 is 0 Å². The highest BCUT2D eigenvalue weighted by Gasteiger charge is 2.12. The Labute approximate surface area is 96.3 Å². The largest absolute Gasteiger partial charge is 0.276 e. The summed E-state index contributed by atoms with van der Waals surface area (Å²) >= 11 is 0. The van der Waals surface area contributed by atoms with Gasteiger partial charge in [-0.2, -0.15) is 0 Å². The van der Waals surface area contributed by atoms with Crippen LogP contribution in [-0.4, -0.2) is 14.6 Å². The molecule has 0 radical (unpaired) electrons. The van der Waals surface area contributed by atoms with Crippen LogP contribution in [0.5, 0.6) is 0 Å². The molecule has 0 unspecified atom stereocenters. The van der Waals surface area contributed by atoms with E-state index in [0.29, 0.717) is 18.2 Å². The number of pyridine rings is 1. The van der Waals surface area contributed by atoms with Gasteiger partial charge in [-0.3, -0.25) is 9.89 Å². The van der Waals surface area contributed by atoms with Crippen molar-refractivity contribution in [3.63, 3.8) is 0 Å². The number of fused-ring (bicyclic) bond motifs is 1. The predicted molar refractivity (Wildman–Crippen MR) is 59.3 cm³/mol. The second-order valence-electron chi connectivity index (χ2n) is 4.39. The highest BCUT2D eigenvalue weighted by atomic mass is 19.3. The van der Waals surface area contributed by atoms with Crippen molar-refractivity contribution in [2.45, 2.75) is 26.7 Å². The summed E-state index contributed by atoms with van der Waals surface area (Å²) in [5.41, 5.74) is -0.568. The zero-order chi connectivity index (χ0) is 12.6. The Balaban J connectivity index is 2.53. The summed E-state index contributed by atoms with van der Waals surface area (Å²) in [5, 5.41) is 2.81. The molecule has 0 saturated heterocycles. The van der Waals surface area contributed by atoms with Crippen molar-refractivity contribution in [1.29, 1.82) is 0 Å². The van der Waals surface area contributed by atoms with Crippen molar-refractivity contribution >= 4 is 5.65 Å². The molecule has 2 rings (SSSR count). The van der Waals surface area contributed by atoms with E-state index in [2.05, 4.69) is 10.1 Å². The van der Waals surface area contributed by atoms with Gasteiger partial charge >= 0.3 is 0 Å². The normalized spacial score (nSPS) is 11.9. The lowest BCUT2D eigenvalue weighted by Crippen LogP contribution is -2.14. The number of hydrogen-bond acceptors (Lipinski definition) is 2. The van der Waals surface area contributed by atoms with Crippen LogP contribution in [0.15, 0.2) is 16.9 Å². The smallest absolute Gasteiger partial charge is 0.271 e. The zero-order valence-corrected chi connectivity index (χ0v) is 9.58. The number of aromatic nitrogens is 3. The first-order valence-electron chi connectivity index (χ1n) is 5.37. The fraction of sp³-hybridized carbons (Fsp3) is 0.455. The van der Waals surface area contributed by atoms with Crippen molar-refractivity contribution in [1.82, 2.24) is 14.6 Å². The van der Waals surface area contributed by atoms with Crippen LogP contribution in [-0.2, 0) is 6.42 Å². The predicted octanol–water partition coefficient (Wildman–Crippen LogP) is 2.16. The first-order valence-corrected chi connectivity index (χ1v) is 5.37. The number of nitrogens with one attached hydrogen (secondary N) is 1. The molecule has 92 valence electrons. The Morgan fingerprint density at radius 1 is 1.41 bits per heavy atom. The molecule has 0 saturated carbocycles. The third-order valence-electron chi connectivity index (χ3n) is 2.38. The lowest BCUT2D eigenvalue weighted by Gasteiger charge is -1.98. The van der Waals surface area contributed by atoms with E-state index >= 15 is 0 Å². The van der Waals surface area contributed by atoms with Crippen LogP contribution in [0.4, 0.5) is 8.78 Å². The topological polar surface area (TPSA) is 50.2 Å². The molecule has 0 aliphatic carbocycles. The molecule has 2 heterocycles. The van der Waals surface area contributed by atoms with E-state index in [1.807, 2.05) is 13.8 Å². The third kappa shape index (κ3) is 2.35. The molecule has 1 N–H and O–H groups in total. The second-order valence-corrected chi connectivity index (χ2v) is 4.39. The maximum absolute atomic E-state index is 12.5. The van der Waals surface area contributed by atoms with E-state index in [1.54, 1.807) is 0 Å². The number of rotatable bonds is 3. The van der Waals surface area contributed by atoms with Crippen LogP contribution in [0.1, 0.15) is 31.7 Å². The first kappa shape index (κ1) is 11.8. The van der Waals surface area contributed by atoms with Gasteiger partial charge in [-0.1, -0.05) is 13.8 Å². The number of H-pyrrole nitrogens is 1. The summed E-state index contributed by atoms with van der Waals surface area (Å²) in [6.45, 7) is 4.03. The number of alkyl halides is 2. The fourth-order valence-electron chi connectivity index (χ4n) is 1.67. The van der Waals surface area contributed by atoms with Gasteiger partial charge in [0, 0.05) is 18.1 Å². The average Bonchev–Trinajstić information content (AvgIpc) is 2.59. The van der Waals surface area contributed by atoms with Crippen molar-refractivity contribution in [2.75, 3.05) is 0 Å². The molecule has 4 nitrogen and oxygen atoms in total. The quantitative estimate of drug-likeness (QED) is 0.895. The highest BCUT2D eigenvalue weighted by Crippen LogP contribution is 2.17. The molecule has 0 amide bonds. The first-order chi connectivity index (χ1) is 7.97. The Kier molecular flexibility index (Phi) is 2.95. The van der Waals surface area contributed by atoms with Crippen molar-refractivity contribution in [3.8, 4) is 0 Å². The zero-order valence-electron chi connectivity index (χ0n) is 9.58. The molecule has 0 fully saturated rings. The Morgan fingerprint density at radius 3 is 2.71 bits per heavy atom. The summed E-state index contributed by atoms with van der Waals surface area (Å²) in [6.07, 6.45) is -1.98. The molecule has 2 aromatic heterocycles. The molecule has 0 aromatic carbocycles. The van der Waals surface area contributed by atoms with Gasteiger partial charge in [0.1, 0.15) is 5.82 Å². The van der Waals surface area contributed by atoms with Crippen LogP contribution in [0.25, 0.3) is 5.65 Å². The summed E-state index contributed by atoms with van der Waals surface area (Å²) in [7, 11) is 0. The van der Waals surface area contributed by atoms with Crippen LogP contribution < -0.4 is 5.56 Å². The Morgan fingerprint density at radius 2 is 2.12 bits per heavy atom. The number of halogens is 2. The standard InChI is InChI=1S/C11H13F2N3O/c1-6(2)3-8-14-9-4-7(11(12)13)5-10(17)16(9)15-8/h4-6,11H,3H2,1-2H3,(H,14,15). The molecule has 0 aliphatic rings. The Hall–Kier alpha value is -1.72. The van der Waals surface area contributed by atoms with Gasteiger partial charge in [0.25, 0.3) is 12.0 Å². The van der Waals surface area contributed by atoms with Crippen molar-refractivity contribution in [2.24, 2.45) is 5.92 Å². The van der Waals surface area contributed by atoms with E-state index in [-0.39, 0.29) is 11.2 Å². The van der Waals surface area contributed by atoms with Crippen LogP contribution in [0.3, 0.4) is 0 Å². The lowest BCUT2D eigenvalue weighted by molar-refractivity contribution is 0.151. The van der Waals surface area contributed by atoms with Gasteiger partial charge in [0.2, 0.25) is 0 Å². The summed E-state index contributed by atoms with van der Waals surface area (Å²) in [6, 6.07) is 2.15. The molecule has 17 heavy (non-hydrogen) atoms. The molecule has 0 atom stereocenters. The van der Waals surface area contributed by atoms with E-state index in [9.17, 15) is 13.6 Å². The maximum atomic E-state index is 12.5. The monoisotopic (exact) mass is 241 g/mol. The number of aromatic amines is 1. The molecule has 0 bridgehead atoms. The van der Waals surface area contributed by atoms with Crippen LogP contribution in [0.2, 0.25) is 0 Å². The Bertz CT molecular complexity index is 586.